The lowest BCUT2D eigenvalue weighted by atomic mass is 10.1. The van der Waals surface area contributed by atoms with Gasteiger partial charge in [0.05, 0.1) is 30.4 Å². The second-order valence-electron chi connectivity index (χ2n) is 8.10. The van der Waals surface area contributed by atoms with Crippen molar-refractivity contribution in [2.45, 2.75) is 39.5 Å². The highest BCUT2D eigenvalue weighted by atomic mass is 16.5. The van der Waals surface area contributed by atoms with Crippen molar-refractivity contribution >= 4 is 16.9 Å². The second kappa shape index (κ2) is 10.2. The molecule has 4 aromatic rings. The summed E-state index contributed by atoms with van der Waals surface area (Å²) in [6, 6.07) is 19.0. The molecule has 0 saturated heterocycles. The lowest BCUT2D eigenvalue weighted by Gasteiger charge is -2.16. The standard InChI is InChI=1S/C26H27N3O5/c1-17(2)29-21(16-34-26-19(13-25(30)31)8-6-10-23(26)32-3)14-24(28-29)33-15-20-12-11-18-7-4-5-9-22(18)27-20/h4-12,14,17H,13,15-16H2,1-3H3,(H,30,31). The monoisotopic (exact) mass is 461 g/mol. The van der Waals surface area contributed by atoms with E-state index in [0.29, 0.717) is 22.9 Å². The van der Waals surface area contributed by atoms with Gasteiger partial charge in [0.15, 0.2) is 11.5 Å². The van der Waals surface area contributed by atoms with Crippen LogP contribution in [0.1, 0.15) is 36.8 Å². The summed E-state index contributed by atoms with van der Waals surface area (Å²) in [6.07, 6.45) is -0.164. The molecule has 0 unspecified atom stereocenters. The molecule has 0 radical (unpaired) electrons. The van der Waals surface area contributed by atoms with Gasteiger partial charge in [0.2, 0.25) is 5.88 Å². The topological polar surface area (TPSA) is 95.7 Å². The smallest absolute Gasteiger partial charge is 0.307 e. The largest absolute Gasteiger partial charge is 0.493 e. The third-order valence-electron chi connectivity index (χ3n) is 5.29. The van der Waals surface area contributed by atoms with E-state index in [-0.39, 0.29) is 25.7 Å². The molecule has 4 rings (SSSR count). The van der Waals surface area contributed by atoms with Crippen LogP contribution in [-0.4, -0.2) is 33.0 Å². The Morgan fingerprint density at radius 2 is 1.85 bits per heavy atom. The maximum Gasteiger partial charge on any atom is 0.307 e. The van der Waals surface area contributed by atoms with E-state index < -0.39 is 5.97 Å². The molecule has 8 heteroatoms. The fourth-order valence-corrected chi connectivity index (χ4v) is 3.70. The fourth-order valence-electron chi connectivity index (χ4n) is 3.70. The van der Waals surface area contributed by atoms with Crippen LogP contribution in [0.2, 0.25) is 0 Å². The zero-order valence-electron chi connectivity index (χ0n) is 19.4. The molecule has 0 amide bonds. The van der Waals surface area contributed by atoms with Crippen molar-refractivity contribution in [1.82, 2.24) is 14.8 Å². The molecule has 0 atom stereocenters. The summed E-state index contributed by atoms with van der Waals surface area (Å²) in [7, 11) is 1.53. The zero-order valence-corrected chi connectivity index (χ0v) is 19.4. The van der Waals surface area contributed by atoms with E-state index in [1.807, 2.05) is 61.0 Å². The number of aliphatic carboxylic acids is 1. The molecule has 0 fully saturated rings. The summed E-state index contributed by atoms with van der Waals surface area (Å²) in [4.78, 5) is 15.9. The summed E-state index contributed by atoms with van der Waals surface area (Å²) >= 11 is 0. The molecule has 34 heavy (non-hydrogen) atoms. The van der Waals surface area contributed by atoms with Gasteiger partial charge in [-0.05, 0) is 32.0 Å². The number of nitrogens with zero attached hydrogens (tertiary/aromatic N) is 3. The van der Waals surface area contributed by atoms with Crippen molar-refractivity contribution in [2.24, 2.45) is 0 Å². The molecule has 0 aliphatic rings. The molecule has 2 heterocycles. The third-order valence-corrected chi connectivity index (χ3v) is 5.29. The molecule has 2 aromatic heterocycles. The first-order valence-electron chi connectivity index (χ1n) is 11.0. The quantitative estimate of drug-likeness (QED) is 0.362. The second-order valence-corrected chi connectivity index (χ2v) is 8.10. The van der Waals surface area contributed by atoms with Crippen LogP contribution in [0.5, 0.6) is 17.4 Å². The highest BCUT2D eigenvalue weighted by Crippen LogP contribution is 2.32. The molecular weight excluding hydrogens is 434 g/mol. The molecule has 0 bridgehead atoms. The molecule has 2 aromatic carbocycles. The number of methoxy groups -OCH3 is 1. The van der Waals surface area contributed by atoms with E-state index in [0.717, 1.165) is 22.3 Å². The minimum atomic E-state index is -0.941. The average molecular weight is 462 g/mol. The maximum absolute atomic E-state index is 11.3. The highest BCUT2D eigenvalue weighted by Gasteiger charge is 2.17. The number of hydrogen-bond acceptors (Lipinski definition) is 6. The number of para-hydroxylation sites is 2. The van der Waals surface area contributed by atoms with Crippen LogP contribution in [0.25, 0.3) is 10.9 Å². The lowest BCUT2D eigenvalue weighted by molar-refractivity contribution is -0.136. The molecule has 0 aliphatic carbocycles. The number of pyridine rings is 1. The Morgan fingerprint density at radius 1 is 1.03 bits per heavy atom. The Bertz CT molecular complexity index is 1300. The predicted octanol–water partition coefficient (Wildman–Crippen LogP) is 4.81. The Hall–Kier alpha value is -4.07. The number of carboxylic acid groups (broad SMARTS) is 1. The van der Waals surface area contributed by atoms with Crippen molar-refractivity contribution in [3.8, 4) is 17.4 Å². The van der Waals surface area contributed by atoms with Crippen LogP contribution in [0.4, 0.5) is 0 Å². The van der Waals surface area contributed by atoms with Crippen LogP contribution in [-0.2, 0) is 24.4 Å². The molecule has 176 valence electrons. The van der Waals surface area contributed by atoms with Crippen molar-refractivity contribution in [2.75, 3.05) is 7.11 Å². The normalized spacial score (nSPS) is 11.1. The molecule has 1 N–H and O–H groups in total. The Morgan fingerprint density at radius 3 is 2.62 bits per heavy atom. The van der Waals surface area contributed by atoms with Crippen molar-refractivity contribution in [3.63, 3.8) is 0 Å². The number of carboxylic acids is 1. The van der Waals surface area contributed by atoms with Crippen molar-refractivity contribution in [1.29, 1.82) is 0 Å². The van der Waals surface area contributed by atoms with Crippen LogP contribution in [0.15, 0.2) is 60.7 Å². The number of fused-ring (bicyclic) bond motifs is 1. The first kappa shape index (κ1) is 23.1. The van der Waals surface area contributed by atoms with Gasteiger partial charge >= 0.3 is 5.97 Å². The number of carbonyl (C=O) groups is 1. The van der Waals surface area contributed by atoms with Gasteiger partial charge in [-0.15, -0.1) is 5.10 Å². The number of ether oxygens (including phenoxy) is 3. The van der Waals surface area contributed by atoms with E-state index in [9.17, 15) is 9.90 Å². The summed E-state index contributed by atoms with van der Waals surface area (Å²) < 4.78 is 19.2. The fraction of sp³-hybridized carbons (Fsp3) is 0.269. The van der Waals surface area contributed by atoms with Gasteiger partial charge in [-0.25, -0.2) is 4.98 Å². The van der Waals surface area contributed by atoms with Crippen LogP contribution < -0.4 is 14.2 Å². The van der Waals surface area contributed by atoms with E-state index in [2.05, 4.69) is 10.1 Å². The Labute approximate surface area is 197 Å². The molecular formula is C26H27N3O5. The van der Waals surface area contributed by atoms with E-state index in [1.165, 1.54) is 7.11 Å². The maximum atomic E-state index is 11.3. The molecule has 0 saturated carbocycles. The average Bonchev–Trinajstić information content (AvgIpc) is 3.24. The van der Waals surface area contributed by atoms with E-state index in [1.54, 1.807) is 18.2 Å². The number of benzene rings is 2. The lowest BCUT2D eigenvalue weighted by Crippen LogP contribution is -2.11. The van der Waals surface area contributed by atoms with Gasteiger partial charge in [0.25, 0.3) is 0 Å². The zero-order chi connectivity index (χ0) is 24.1. The third kappa shape index (κ3) is 5.28. The number of rotatable bonds is 10. The molecule has 8 nitrogen and oxygen atoms in total. The summed E-state index contributed by atoms with van der Waals surface area (Å²) in [5.74, 6) is 0.413. The van der Waals surface area contributed by atoms with Gasteiger partial charge in [-0.1, -0.05) is 36.4 Å². The number of aromatic nitrogens is 3. The van der Waals surface area contributed by atoms with Crippen molar-refractivity contribution in [3.05, 3.63) is 77.6 Å². The first-order valence-corrected chi connectivity index (χ1v) is 11.0. The first-order chi connectivity index (χ1) is 16.4. The van der Waals surface area contributed by atoms with Crippen LogP contribution in [0.3, 0.4) is 0 Å². The van der Waals surface area contributed by atoms with Gasteiger partial charge in [0.1, 0.15) is 13.2 Å². The summed E-state index contributed by atoms with van der Waals surface area (Å²) in [6.45, 7) is 4.50. The Balaban J connectivity index is 1.51. The minimum absolute atomic E-state index is 0.0749. The highest BCUT2D eigenvalue weighted by molar-refractivity contribution is 5.78. The van der Waals surface area contributed by atoms with Gasteiger partial charge in [0, 0.05) is 23.1 Å². The summed E-state index contributed by atoms with van der Waals surface area (Å²) in [5, 5.41) is 14.9. The van der Waals surface area contributed by atoms with Gasteiger partial charge in [-0.2, -0.15) is 0 Å². The Kier molecular flexibility index (Phi) is 6.96. The number of hydrogen-bond donors (Lipinski definition) is 1. The van der Waals surface area contributed by atoms with Crippen molar-refractivity contribution < 1.29 is 24.1 Å². The summed E-state index contributed by atoms with van der Waals surface area (Å²) in [5.41, 5.74) is 3.06. The predicted molar refractivity (Wildman–Crippen MR) is 127 cm³/mol. The van der Waals surface area contributed by atoms with Gasteiger partial charge < -0.3 is 19.3 Å². The van der Waals surface area contributed by atoms with Crippen LogP contribution in [0, 0.1) is 0 Å². The SMILES string of the molecule is COc1cccc(CC(=O)O)c1OCc1cc(OCc2ccc3ccccc3n2)nn1C(C)C. The molecule has 0 aliphatic heterocycles. The van der Waals surface area contributed by atoms with Crippen LogP contribution >= 0.6 is 0 Å². The van der Waals surface area contributed by atoms with E-state index >= 15 is 0 Å². The minimum Gasteiger partial charge on any atom is -0.493 e. The van der Waals surface area contributed by atoms with Gasteiger partial charge in [-0.3, -0.25) is 9.48 Å². The molecule has 0 spiro atoms. The van der Waals surface area contributed by atoms with E-state index in [4.69, 9.17) is 14.2 Å².